The van der Waals surface area contributed by atoms with E-state index in [-0.39, 0.29) is 5.56 Å². The van der Waals surface area contributed by atoms with Crippen LogP contribution in [0.4, 0.5) is 0 Å². The molecule has 0 saturated heterocycles. The van der Waals surface area contributed by atoms with Gasteiger partial charge in [-0.1, -0.05) is 30.3 Å². The molecule has 2 heteroatoms. The third-order valence-electron chi connectivity index (χ3n) is 2.29. The molecule has 1 heterocycles. The van der Waals surface area contributed by atoms with Crippen molar-refractivity contribution in [1.82, 2.24) is 4.98 Å². The topological polar surface area (TPSA) is 32.9 Å². The zero-order valence-electron chi connectivity index (χ0n) is 8.66. The van der Waals surface area contributed by atoms with Gasteiger partial charge in [-0.25, -0.2) is 0 Å². The van der Waals surface area contributed by atoms with Crippen LogP contribution in [0.15, 0.2) is 47.3 Å². The monoisotopic (exact) mass is 199 g/mol. The molecule has 0 radical (unpaired) electrons. The molecule has 0 saturated carbocycles. The number of aromatic nitrogens is 1. The van der Waals surface area contributed by atoms with Crippen molar-refractivity contribution in [3.8, 4) is 0 Å². The SMILES string of the molecule is Cc1cc(Cc2ccccc2)cc(=O)[nH]1. The molecule has 2 nitrogen and oxygen atoms in total. The van der Waals surface area contributed by atoms with Gasteiger partial charge in [-0.05, 0) is 30.5 Å². The normalized spacial score (nSPS) is 10.2. The van der Waals surface area contributed by atoms with Crippen molar-refractivity contribution in [3.05, 3.63) is 69.6 Å². The Morgan fingerprint density at radius 3 is 2.47 bits per heavy atom. The van der Waals surface area contributed by atoms with Crippen LogP contribution in [-0.2, 0) is 6.42 Å². The molecule has 0 aliphatic rings. The molecule has 0 aliphatic carbocycles. The quantitative estimate of drug-likeness (QED) is 0.790. The van der Waals surface area contributed by atoms with E-state index in [0.717, 1.165) is 17.7 Å². The predicted octanol–water partition coefficient (Wildman–Crippen LogP) is 2.27. The van der Waals surface area contributed by atoms with E-state index in [2.05, 4.69) is 17.1 Å². The van der Waals surface area contributed by atoms with Crippen LogP contribution in [0.25, 0.3) is 0 Å². The molecule has 1 N–H and O–H groups in total. The highest BCUT2D eigenvalue weighted by Crippen LogP contribution is 2.07. The largest absolute Gasteiger partial charge is 0.327 e. The van der Waals surface area contributed by atoms with Gasteiger partial charge in [-0.3, -0.25) is 4.79 Å². The summed E-state index contributed by atoms with van der Waals surface area (Å²) in [5.74, 6) is 0. The Labute approximate surface area is 88.6 Å². The minimum absolute atomic E-state index is 0.0269. The lowest BCUT2D eigenvalue weighted by Gasteiger charge is -2.02. The van der Waals surface area contributed by atoms with Crippen molar-refractivity contribution < 1.29 is 0 Å². The zero-order valence-corrected chi connectivity index (χ0v) is 8.66. The van der Waals surface area contributed by atoms with Gasteiger partial charge < -0.3 is 4.98 Å². The fourth-order valence-electron chi connectivity index (χ4n) is 1.69. The van der Waals surface area contributed by atoms with Crippen LogP contribution in [0.3, 0.4) is 0 Å². The van der Waals surface area contributed by atoms with E-state index in [9.17, 15) is 4.79 Å². The highest BCUT2D eigenvalue weighted by Gasteiger charge is 1.97. The number of aromatic amines is 1. The summed E-state index contributed by atoms with van der Waals surface area (Å²) in [7, 11) is 0. The van der Waals surface area contributed by atoms with E-state index in [4.69, 9.17) is 0 Å². The number of benzene rings is 1. The number of aryl methyl sites for hydroxylation is 1. The molecule has 0 amide bonds. The maximum absolute atomic E-state index is 11.2. The Bertz CT molecular complexity index is 499. The molecule has 0 spiro atoms. The maximum atomic E-state index is 11.2. The lowest BCUT2D eigenvalue weighted by atomic mass is 10.1. The molecule has 0 bridgehead atoms. The molecule has 15 heavy (non-hydrogen) atoms. The lowest BCUT2D eigenvalue weighted by Crippen LogP contribution is -2.07. The van der Waals surface area contributed by atoms with Gasteiger partial charge >= 0.3 is 0 Å². The number of rotatable bonds is 2. The predicted molar refractivity (Wildman–Crippen MR) is 61.0 cm³/mol. The summed E-state index contributed by atoms with van der Waals surface area (Å²) < 4.78 is 0. The van der Waals surface area contributed by atoms with E-state index < -0.39 is 0 Å². The van der Waals surface area contributed by atoms with Crippen LogP contribution in [0, 0.1) is 6.92 Å². The number of hydrogen-bond acceptors (Lipinski definition) is 1. The summed E-state index contributed by atoms with van der Waals surface area (Å²) in [5, 5.41) is 0. The van der Waals surface area contributed by atoms with Crippen molar-refractivity contribution >= 4 is 0 Å². The van der Waals surface area contributed by atoms with Crippen LogP contribution in [0.5, 0.6) is 0 Å². The van der Waals surface area contributed by atoms with Gasteiger partial charge in [0.1, 0.15) is 0 Å². The fourth-order valence-corrected chi connectivity index (χ4v) is 1.69. The molecule has 76 valence electrons. The fraction of sp³-hybridized carbons (Fsp3) is 0.154. The Hall–Kier alpha value is -1.83. The van der Waals surface area contributed by atoms with Gasteiger partial charge in [0.2, 0.25) is 5.56 Å². The number of nitrogens with one attached hydrogen (secondary N) is 1. The van der Waals surface area contributed by atoms with E-state index in [0.29, 0.717) is 0 Å². The summed E-state index contributed by atoms with van der Waals surface area (Å²) in [6.45, 7) is 1.90. The van der Waals surface area contributed by atoms with Crippen molar-refractivity contribution in [2.24, 2.45) is 0 Å². The standard InChI is InChI=1S/C13H13NO/c1-10-7-12(9-13(15)14-10)8-11-5-3-2-4-6-11/h2-7,9H,8H2,1H3,(H,14,15). The second-order valence-electron chi connectivity index (χ2n) is 3.70. The highest BCUT2D eigenvalue weighted by molar-refractivity contribution is 5.25. The third-order valence-corrected chi connectivity index (χ3v) is 2.29. The molecule has 1 aromatic heterocycles. The minimum atomic E-state index is -0.0269. The Morgan fingerprint density at radius 1 is 1.07 bits per heavy atom. The smallest absolute Gasteiger partial charge is 0.248 e. The summed E-state index contributed by atoms with van der Waals surface area (Å²) in [5.41, 5.74) is 3.17. The van der Waals surface area contributed by atoms with Gasteiger partial charge in [0.25, 0.3) is 0 Å². The van der Waals surface area contributed by atoms with Crippen LogP contribution < -0.4 is 5.56 Å². The van der Waals surface area contributed by atoms with E-state index >= 15 is 0 Å². The lowest BCUT2D eigenvalue weighted by molar-refractivity contribution is 1.08. The van der Waals surface area contributed by atoms with Crippen LogP contribution >= 0.6 is 0 Å². The van der Waals surface area contributed by atoms with Crippen molar-refractivity contribution in [3.63, 3.8) is 0 Å². The first-order valence-electron chi connectivity index (χ1n) is 4.98. The second kappa shape index (κ2) is 4.13. The highest BCUT2D eigenvalue weighted by atomic mass is 16.1. The summed E-state index contributed by atoms with van der Waals surface area (Å²) in [6, 6.07) is 13.8. The molecule has 0 fully saturated rings. The average molecular weight is 199 g/mol. The minimum Gasteiger partial charge on any atom is -0.327 e. The number of H-pyrrole nitrogens is 1. The van der Waals surface area contributed by atoms with Gasteiger partial charge in [-0.2, -0.15) is 0 Å². The van der Waals surface area contributed by atoms with Gasteiger partial charge in [0, 0.05) is 11.8 Å². The maximum Gasteiger partial charge on any atom is 0.248 e. The van der Waals surface area contributed by atoms with Crippen molar-refractivity contribution in [2.45, 2.75) is 13.3 Å². The Balaban J connectivity index is 2.29. The summed E-state index contributed by atoms with van der Waals surface area (Å²) in [4.78, 5) is 14.0. The van der Waals surface area contributed by atoms with Crippen LogP contribution in [0.2, 0.25) is 0 Å². The van der Waals surface area contributed by atoms with Crippen molar-refractivity contribution in [2.75, 3.05) is 0 Å². The molecular formula is C13H13NO. The molecule has 1 aromatic carbocycles. The zero-order chi connectivity index (χ0) is 10.7. The molecule has 0 atom stereocenters. The first kappa shape index (κ1) is 9.71. The van der Waals surface area contributed by atoms with Gasteiger partial charge in [0.05, 0.1) is 0 Å². The van der Waals surface area contributed by atoms with Crippen LogP contribution in [-0.4, -0.2) is 4.98 Å². The molecule has 0 aliphatic heterocycles. The molecule has 0 unspecified atom stereocenters. The first-order valence-corrected chi connectivity index (χ1v) is 4.98. The van der Waals surface area contributed by atoms with E-state index in [1.165, 1.54) is 5.56 Å². The van der Waals surface area contributed by atoms with Gasteiger partial charge in [-0.15, -0.1) is 0 Å². The number of pyridine rings is 1. The summed E-state index contributed by atoms with van der Waals surface area (Å²) >= 11 is 0. The Morgan fingerprint density at radius 2 is 1.80 bits per heavy atom. The van der Waals surface area contributed by atoms with E-state index in [1.54, 1.807) is 6.07 Å². The second-order valence-corrected chi connectivity index (χ2v) is 3.70. The van der Waals surface area contributed by atoms with Gasteiger partial charge in [0.15, 0.2) is 0 Å². The third kappa shape index (κ3) is 2.56. The van der Waals surface area contributed by atoms with Crippen molar-refractivity contribution in [1.29, 1.82) is 0 Å². The molecule has 2 rings (SSSR count). The molecule has 2 aromatic rings. The summed E-state index contributed by atoms with van der Waals surface area (Å²) in [6.07, 6.45) is 0.811. The van der Waals surface area contributed by atoms with Crippen LogP contribution in [0.1, 0.15) is 16.8 Å². The molecular weight excluding hydrogens is 186 g/mol. The van der Waals surface area contributed by atoms with E-state index in [1.807, 2.05) is 31.2 Å². The Kier molecular flexibility index (Phi) is 2.68. The first-order chi connectivity index (χ1) is 7.24. The number of hydrogen-bond donors (Lipinski definition) is 1. The average Bonchev–Trinajstić information content (AvgIpc) is 2.17.